The summed E-state index contributed by atoms with van der Waals surface area (Å²) in [6.07, 6.45) is 3.26. The summed E-state index contributed by atoms with van der Waals surface area (Å²) in [5.41, 5.74) is 0. The normalized spacial score (nSPS) is 25.1. The molecule has 0 spiro atoms. The van der Waals surface area contributed by atoms with Gasteiger partial charge in [0.25, 0.3) is 0 Å². The largest absolute Gasteiger partial charge is 0.374 e. The SMILES string of the molecule is CCN1CCOC(CNC(=O)CCNC2CC2)C1. The zero-order valence-electron chi connectivity index (χ0n) is 11.3. The number of carbonyl (C=O) groups is 1. The molecule has 2 rings (SSSR count). The van der Waals surface area contributed by atoms with Crippen LogP contribution in [0.25, 0.3) is 0 Å². The van der Waals surface area contributed by atoms with Crippen molar-refractivity contribution < 1.29 is 9.53 Å². The Hall–Kier alpha value is -0.650. The molecule has 1 unspecified atom stereocenters. The van der Waals surface area contributed by atoms with Crippen molar-refractivity contribution in [1.82, 2.24) is 15.5 Å². The van der Waals surface area contributed by atoms with Gasteiger partial charge in [0, 0.05) is 38.6 Å². The Bertz CT molecular complexity index is 269. The number of carbonyl (C=O) groups excluding carboxylic acids is 1. The molecule has 2 fully saturated rings. The van der Waals surface area contributed by atoms with Gasteiger partial charge < -0.3 is 15.4 Å². The summed E-state index contributed by atoms with van der Waals surface area (Å²) in [6.45, 7) is 7.35. The lowest BCUT2D eigenvalue weighted by molar-refractivity contribution is -0.122. The van der Waals surface area contributed by atoms with Crippen LogP contribution in [-0.2, 0) is 9.53 Å². The van der Waals surface area contributed by atoms with E-state index < -0.39 is 0 Å². The van der Waals surface area contributed by atoms with Crippen molar-refractivity contribution in [1.29, 1.82) is 0 Å². The van der Waals surface area contributed by atoms with Crippen LogP contribution in [0.1, 0.15) is 26.2 Å². The van der Waals surface area contributed by atoms with Crippen LogP contribution in [0.3, 0.4) is 0 Å². The van der Waals surface area contributed by atoms with Crippen LogP contribution >= 0.6 is 0 Å². The quantitative estimate of drug-likeness (QED) is 0.670. The van der Waals surface area contributed by atoms with Gasteiger partial charge in [0.2, 0.25) is 5.91 Å². The molecule has 1 amide bonds. The molecule has 1 atom stereocenters. The second-order valence-electron chi connectivity index (χ2n) is 5.17. The number of rotatable bonds is 7. The van der Waals surface area contributed by atoms with Gasteiger partial charge in [0.05, 0.1) is 12.7 Å². The minimum Gasteiger partial charge on any atom is -0.374 e. The van der Waals surface area contributed by atoms with Crippen molar-refractivity contribution in [3.8, 4) is 0 Å². The number of hydrogen-bond donors (Lipinski definition) is 2. The van der Waals surface area contributed by atoms with Gasteiger partial charge in [-0.05, 0) is 19.4 Å². The highest BCUT2D eigenvalue weighted by molar-refractivity contribution is 5.76. The van der Waals surface area contributed by atoms with Crippen molar-refractivity contribution >= 4 is 5.91 Å². The maximum absolute atomic E-state index is 11.6. The Labute approximate surface area is 109 Å². The van der Waals surface area contributed by atoms with E-state index in [0.29, 0.717) is 19.0 Å². The standard InChI is InChI=1S/C13H25N3O2/c1-2-16-7-8-18-12(10-16)9-15-13(17)5-6-14-11-3-4-11/h11-12,14H,2-10H2,1H3,(H,15,17). The van der Waals surface area contributed by atoms with Crippen LogP contribution < -0.4 is 10.6 Å². The zero-order valence-corrected chi connectivity index (χ0v) is 11.3. The molecule has 0 radical (unpaired) electrons. The van der Waals surface area contributed by atoms with Gasteiger partial charge in [-0.25, -0.2) is 0 Å². The van der Waals surface area contributed by atoms with Gasteiger partial charge in [0.15, 0.2) is 0 Å². The fourth-order valence-corrected chi connectivity index (χ4v) is 2.18. The fraction of sp³-hybridized carbons (Fsp3) is 0.923. The van der Waals surface area contributed by atoms with E-state index in [2.05, 4.69) is 22.5 Å². The Morgan fingerprint density at radius 2 is 2.28 bits per heavy atom. The van der Waals surface area contributed by atoms with Gasteiger partial charge in [-0.15, -0.1) is 0 Å². The van der Waals surface area contributed by atoms with Crippen LogP contribution in [0.2, 0.25) is 0 Å². The molecule has 1 aliphatic heterocycles. The molecule has 1 saturated heterocycles. The maximum atomic E-state index is 11.6. The topological polar surface area (TPSA) is 53.6 Å². The summed E-state index contributed by atoms with van der Waals surface area (Å²) in [6, 6.07) is 0.678. The summed E-state index contributed by atoms with van der Waals surface area (Å²) in [5.74, 6) is 0.125. The first-order valence-electron chi connectivity index (χ1n) is 7.12. The molecule has 1 heterocycles. The minimum atomic E-state index is 0.125. The van der Waals surface area contributed by atoms with Crippen molar-refractivity contribution in [2.45, 2.75) is 38.3 Å². The Morgan fingerprint density at radius 1 is 1.44 bits per heavy atom. The van der Waals surface area contributed by atoms with E-state index in [1.165, 1.54) is 12.8 Å². The molecule has 1 saturated carbocycles. The van der Waals surface area contributed by atoms with E-state index in [-0.39, 0.29) is 12.0 Å². The number of amides is 1. The van der Waals surface area contributed by atoms with E-state index in [0.717, 1.165) is 32.8 Å². The van der Waals surface area contributed by atoms with Crippen molar-refractivity contribution in [2.24, 2.45) is 0 Å². The van der Waals surface area contributed by atoms with Gasteiger partial charge in [-0.1, -0.05) is 6.92 Å². The number of ether oxygens (including phenoxy) is 1. The average Bonchev–Trinajstić information content (AvgIpc) is 3.21. The van der Waals surface area contributed by atoms with Gasteiger partial charge >= 0.3 is 0 Å². The Morgan fingerprint density at radius 3 is 3.00 bits per heavy atom. The van der Waals surface area contributed by atoms with Crippen LogP contribution in [0, 0.1) is 0 Å². The number of nitrogens with one attached hydrogen (secondary N) is 2. The average molecular weight is 255 g/mol. The first-order valence-corrected chi connectivity index (χ1v) is 7.12. The smallest absolute Gasteiger partial charge is 0.221 e. The predicted octanol–water partition coefficient (Wildman–Crippen LogP) is -0.0346. The lowest BCUT2D eigenvalue weighted by Crippen LogP contribution is -2.47. The highest BCUT2D eigenvalue weighted by Gasteiger charge is 2.21. The summed E-state index contributed by atoms with van der Waals surface area (Å²) >= 11 is 0. The minimum absolute atomic E-state index is 0.125. The second-order valence-corrected chi connectivity index (χ2v) is 5.17. The monoisotopic (exact) mass is 255 g/mol. The third-order valence-electron chi connectivity index (χ3n) is 3.56. The summed E-state index contributed by atoms with van der Waals surface area (Å²) in [7, 11) is 0. The lowest BCUT2D eigenvalue weighted by atomic mass is 10.2. The van der Waals surface area contributed by atoms with Gasteiger partial charge in [0.1, 0.15) is 0 Å². The van der Waals surface area contributed by atoms with E-state index >= 15 is 0 Å². The van der Waals surface area contributed by atoms with Crippen LogP contribution in [0.15, 0.2) is 0 Å². The van der Waals surface area contributed by atoms with E-state index in [4.69, 9.17) is 4.74 Å². The van der Waals surface area contributed by atoms with Gasteiger partial charge in [-0.2, -0.15) is 0 Å². The summed E-state index contributed by atoms with van der Waals surface area (Å²) in [5, 5.41) is 6.30. The Kier molecular flexibility index (Phi) is 5.41. The van der Waals surface area contributed by atoms with Crippen LogP contribution in [-0.4, -0.2) is 62.3 Å². The van der Waals surface area contributed by atoms with Gasteiger partial charge in [-0.3, -0.25) is 9.69 Å². The van der Waals surface area contributed by atoms with E-state index in [9.17, 15) is 4.79 Å². The van der Waals surface area contributed by atoms with E-state index in [1.54, 1.807) is 0 Å². The van der Waals surface area contributed by atoms with Crippen LogP contribution in [0.4, 0.5) is 0 Å². The summed E-state index contributed by atoms with van der Waals surface area (Å²) in [4.78, 5) is 14.0. The molecule has 0 aromatic carbocycles. The Balaban J connectivity index is 1.53. The molecule has 5 nitrogen and oxygen atoms in total. The number of morpholine rings is 1. The van der Waals surface area contributed by atoms with E-state index in [1.807, 2.05) is 0 Å². The van der Waals surface area contributed by atoms with Crippen molar-refractivity contribution in [2.75, 3.05) is 39.3 Å². The highest BCUT2D eigenvalue weighted by Crippen LogP contribution is 2.18. The molecule has 2 aliphatic rings. The number of nitrogens with zero attached hydrogens (tertiary/aromatic N) is 1. The molecule has 2 N–H and O–H groups in total. The first-order chi connectivity index (χ1) is 8.78. The second kappa shape index (κ2) is 7.07. The predicted molar refractivity (Wildman–Crippen MR) is 70.5 cm³/mol. The lowest BCUT2D eigenvalue weighted by Gasteiger charge is -2.32. The third-order valence-corrected chi connectivity index (χ3v) is 3.56. The van der Waals surface area contributed by atoms with Crippen LogP contribution in [0.5, 0.6) is 0 Å². The maximum Gasteiger partial charge on any atom is 0.221 e. The number of likely N-dealkylation sites (N-methyl/N-ethyl adjacent to an activating group) is 1. The van der Waals surface area contributed by atoms with Crippen molar-refractivity contribution in [3.63, 3.8) is 0 Å². The summed E-state index contributed by atoms with van der Waals surface area (Å²) < 4.78 is 5.64. The molecule has 0 aromatic rings. The highest BCUT2D eigenvalue weighted by atomic mass is 16.5. The fourth-order valence-electron chi connectivity index (χ4n) is 2.18. The zero-order chi connectivity index (χ0) is 12.8. The molecule has 1 aliphatic carbocycles. The molecular weight excluding hydrogens is 230 g/mol. The molecular formula is C13H25N3O2. The molecule has 18 heavy (non-hydrogen) atoms. The molecule has 5 heteroatoms. The number of hydrogen-bond acceptors (Lipinski definition) is 4. The molecule has 104 valence electrons. The molecule has 0 aromatic heterocycles. The first kappa shape index (κ1) is 13.8. The molecule has 0 bridgehead atoms. The third kappa shape index (κ3) is 4.92. The van der Waals surface area contributed by atoms with Crippen molar-refractivity contribution in [3.05, 3.63) is 0 Å².